The maximum absolute atomic E-state index is 14.9. The summed E-state index contributed by atoms with van der Waals surface area (Å²) in [5, 5.41) is -0.0198. The molecule has 0 amide bonds. The molecule has 0 heterocycles. The minimum atomic E-state index is -4.89. The third-order valence-electron chi connectivity index (χ3n) is 6.18. The van der Waals surface area contributed by atoms with Gasteiger partial charge in [-0.25, -0.2) is 17.6 Å². The van der Waals surface area contributed by atoms with E-state index in [0.29, 0.717) is 29.0 Å². The van der Waals surface area contributed by atoms with Gasteiger partial charge in [0, 0.05) is 16.9 Å². The molecule has 0 saturated carbocycles. The third kappa shape index (κ3) is 6.91. The van der Waals surface area contributed by atoms with Gasteiger partial charge in [-0.2, -0.15) is 13.2 Å². The number of rotatable bonds is 8. The van der Waals surface area contributed by atoms with Gasteiger partial charge >= 0.3 is 6.18 Å². The second kappa shape index (κ2) is 11.8. The summed E-state index contributed by atoms with van der Waals surface area (Å²) < 4.78 is 101. The van der Waals surface area contributed by atoms with Crippen LogP contribution in [0.5, 0.6) is 5.75 Å². The van der Waals surface area contributed by atoms with Crippen LogP contribution in [0.2, 0.25) is 0 Å². The summed E-state index contributed by atoms with van der Waals surface area (Å²) in [7, 11) is 0. The fraction of sp³-hybridized carbons (Fsp3) is 0.226. The second-order valence-corrected chi connectivity index (χ2v) is 9.00. The molecule has 4 aromatic rings. The van der Waals surface area contributed by atoms with Crippen LogP contribution in [0, 0.1) is 35.1 Å². The Bertz CT molecular complexity index is 1520. The lowest BCUT2D eigenvalue weighted by Gasteiger charge is -2.11. The number of fused-ring (bicyclic) bond motifs is 1. The first-order chi connectivity index (χ1) is 18.6. The van der Waals surface area contributed by atoms with Crippen LogP contribution in [0.3, 0.4) is 0 Å². The number of unbranched alkanes of at least 4 members (excludes halogenated alkanes) is 1. The van der Waals surface area contributed by atoms with Gasteiger partial charge in [-0.3, -0.25) is 0 Å². The molecule has 0 bridgehead atoms. The first kappa shape index (κ1) is 28.0. The van der Waals surface area contributed by atoms with Gasteiger partial charge in [0.1, 0.15) is 29.0 Å². The highest BCUT2D eigenvalue weighted by atomic mass is 19.4. The lowest BCUT2D eigenvalue weighted by atomic mass is 9.97. The topological polar surface area (TPSA) is 9.23 Å². The van der Waals surface area contributed by atoms with Gasteiger partial charge in [-0.15, -0.1) is 0 Å². The van der Waals surface area contributed by atoms with Crippen LogP contribution in [0.4, 0.5) is 30.7 Å². The highest BCUT2D eigenvalue weighted by Crippen LogP contribution is 2.29. The number of aryl methyl sites for hydroxylation is 1. The maximum Gasteiger partial charge on any atom is 0.458 e. The van der Waals surface area contributed by atoms with Gasteiger partial charge in [-0.1, -0.05) is 49.6 Å². The predicted molar refractivity (Wildman–Crippen MR) is 136 cm³/mol. The first-order valence-electron chi connectivity index (χ1n) is 12.3. The highest BCUT2D eigenvalue weighted by molar-refractivity contribution is 5.85. The minimum absolute atomic E-state index is 0.0201. The van der Waals surface area contributed by atoms with E-state index in [0.717, 1.165) is 24.8 Å². The molecule has 202 valence electrons. The van der Waals surface area contributed by atoms with Crippen molar-refractivity contribution >= 4 is 10.8 Å². The fourth-order valence-electron chi connectivity index (χ4n) is 4.14. The molecule has 0 unspecified atom stereocenters. The SMILES string of the molecule is CCCCOc1ccc(-c2cc(F)c(CCc3ccc4c(F)c(C#CC(F)(F)F)c(F)cc4c3)c(F)c2)cc1. The molecule has 0 aliphatic carbocycles. The number of ether oxygens (including phenoxy) is 1. The van der Waals surface area contributed by atoms with Crippen molar-refractivity contribution < 1.29 is 35.5 Å². The van der Waals surface area contributed by atoms with Gasteiger partial charge in [0.25, 0.3) is 0 Å². The van der Waals surface area contributed by atoms with Crippen molar-refractivity contribution in [2.45, 2.75) is 38.8 Å². The molecule has 8 heteroatoms. The third-order valence-corrected chi connectivity index (χ3v) is 6.18. The van der Waals surface area contributed by atoms with Crippen LogP contribution < -0.4 is 4.74 Å². The molecule has 0 aromatic heterocycles. The van der Waals surface area contributed by atoms with Crippen LogP contribution in [-0.2, 0) is 12.8 Å². The fourth-order valence-corrected chi connectivity index (χ4v) is 4.14. The summed E-state index contributed by atoms with van der Waals surface area (Å²) in [4.78, 5) is 0. The van der Waals surface area contributed by atoms with Crippen molar-refractivity contribution in [3.8, 4) is 28.7 Å². The number of halogens is 7. The lowest BCUT2D eigenvalue weighted by molar-refractivity contribution is -0.0696. The Kier molecular flexibility index (Phi) is 8.49. The first-order valence-corrected chi connectivity index (χ1v) is 12.3. The lowest BCUT2D eigenvalue weighted by Crippen LogP contribution is -2.03. The van der Waals surface area contributed by atoms with Crippen molar-refractivity contribution in [2.75, 3.05) is 6.61 Å². The molecule has 0 N–H and O–H groups in total. The Hall–Kier alpha value is -3.99. The average Bonchev–Trinajstić information content (AvgIpc) is 2.87. The van der Waals surface area contributed by atoms with Crippen LogP contribution in [0.25, 0.3) is 21.9 Å². The summed E-state index contributed by atoms with van der Waals surface area (Å²) in [6.07, 6.45) is -2.83. The summed E-state index contributed by atoms with van der Waals surface area (Å²) in [5.41, 5.74) is 0.427. The van der Waals surface area contributed by atoms with E-state index in [1.54, 1.807) is 24.3 Å². The molecule has 0 aliphatic heterocycles. The van der Waals surface area contributed by atoms with Gasteiger partial charge in [0.15, 0.2) is 0 Å². The smallest absolute Gasteiger partial charge is 0.458 e. The van der Waals surface area contributed by atoms with E-state index in [1.807, 2.05) is 0 Å². The minimum Gasteiger partial charge on any atom is -0.494 e. The van der Waals surface area contributed by atoms with Crippen molar-refractivity contribution in [1.29, 1.82) is 0 Å². The predicted octanol–water partition coefficient (Wildman–Crippen LogP) is 8.94. The van der Waals surface area contributed by atoms with Crippen LogP contribution in [0.15, 0.2) is 60.7 Å². The molecule has 39 heavy (non-hydrogen) atoms. The van der Waals surface area contributed by atoms with Crippen molar-refractivity contribution in [3.63, 3.8) is 0 Å². The zero-order valence-corrected chi connectivity index (χ0v) is 20.9. The Morgan fingerprint density at radius 2 is 1.46 bits per heavy atom. The molecule has 4 aromatic carbocycles. The zero-order valence-electron chi connectivity index (χ0n) is 20.9. The summed E-state index contributed by atoms with van der Waals surface area (Å²) in [5.74, 6) is -0.850. The average molecular weight is 545 g/mol. The molecular weight excluding hydrogens is 521 g/mol. The maximum atomic E-state index is 14.9. The Balaban J connectivity index is 1.51. The largest absolute Gasteiger partial charge is 0.494 e. The van der Waals surface area contributed by atoms with E-state index in [1.165, 1.54) is 36.3 Å². The molecule has 0 atom stereocenters. The Morgan fingerprint density at radius 3 is 2.10 bits per heavy atom. The highest BCUT2D eigenvalue weighted by Gasteiger charge is 2.24. The van der Waals surface area contributed by atoms with E-state index in [-0.39, 0.29) is 29.2 Å². The van der Waals surface area contributed by atoms with E-state index in [9.17, 15) is 30.7 Å². The number of hydrogen-bond acceptors (Lipinski definition) is 1. The van der Waals surface area contributed by atoms with Gasteiger partial charge in [0.05, 0.1) is 12.2 Å². The molecule has 0 aliphatic rings. The quantitative estimate of drug-likeness (QED) is 0.122. The standard InChI is InChI=1S/C31H23F7O/c1-2-3-14-39-23-8-6-20(7-9-23)21-16-27(32)25(28(33)17-21)11-5-19-4-10-24-22(15-19)18-29(34)26(30(24)35)12-13-31(36,37)38/h4,6-10,15-18H,2-3,5,11,14H2,1H3. The zero-order chi connectivity index (χ0) is 28.2. The number of hydrogen-bond donors (Lipinski definition) is 0. The summed E-state index contributed by atoms with van der Waals surface area (Å²) >= 11 is 0. The van der Waals surface area contributed by atoms with Gasteiger partial charge in [0.2, 0.25) is 0 Å². The molecule has 0 spiro atoms. The Morgan fingerprint density at radius 1 is 0.769 bits per heavy atom. The van der Waals surface area contributed by atoms with Crippen LogP contribution in [-0.4, -0.2) is 12.8 Å². The van der Waals surface area contributed by atoms with E-state index < -0.39 is 35.0 Å². The molecule has 1 nitrogen and oxygen atoms in total. The number of benzene rings is 4. The van der Waals surface area contributed by atoms with Gasteiger partial charge < -0.3 is 4.74 Å². The van der Waals surface area contributed by atoms with Crippen molar-refractivity contribution in [2.24, 2.45) is 0 Å². The van der Waals surface area contributed by atoms with E-state index in [2.05, 4.69) is 6.92 Å². The summed E-state index contributed by atoms with van der Waals surface area (Å²) in [6.45, 7) is 2.65. The Labute approximate surface area is 221 Å². The number of alkyl halides is 3. The van der Waals surface area contributed by atoms with Crippen molar-refractivity contribution in [1.82, 2.24) is 0 Å². The molecule has 4 rings (SSSR count). The molecule has 0 saturated heterocycles. The second-order valence-electron chi connectivity index (χ2n) is 9.00. The summed E-state index contributed by atoms with van der Waals surface area (Å²) in [6, 6.07) is 14.5. The van der Waals surface area contributed by atoms with E-state index >= 15 is 0 Å². The monoisotopic (exact) mass is 544 g/mol. The normalized spacial score (nSPS) is 11.4. The van der Waals surface area contributed by atoms with Gasteiger partial charge in [-0.05, 0) is 71.7 Å². The van der Waals surface area contributed by atoms with Crippen molar-refractivity contribution in [3.05, 3.63) is 101 Å². The van der Waals surface area contributed by atoms with Crippen LogP contribution in [0.1, 0.15) is 36.5 Å². The van der Waals surface area contributed by atoms with Crippen LogP contribution >= 0.6 is 0 Å². The molecule has 0 radical (unpaired) electrons. The molecular formula is C31H23F7O. The molecule has 0 fully saturated rings. The van der Waals surface area contributed by atoms with E-state index in [4.69, 9.17) is 4.74 Å².